The van der Waals surface area contributed by atoms with E-state index in [4.69, 9.17) is 0 Å². The molecule has 1 amide bonds. The smallest absolute Gasteiger partial charge is 0.543 e. The third-order valence-electron chi connectivity index (χ3n) is 2.85. The van der Waals surface area contributed by atoms with Crippen LogP contribution in [0, 0.1) is 0 Å². The van der Waals surface area contributed by atoms with Gasteiger partial charge in [0.05, 0.1) is 23.5 Å². The van der Waals surface area contributed by atoms with Gasteiger partial charge in [0.15, 0.2) is 0 Å². The van der Waals surface area contributed by atoms with Gasteiger partial charge in [-0.1, -0.05) is 42.1 Å². The minimum absolute atomic E-state index is 0. The molecule has 0 saturated carbocycles. The van der Waals surface area contributed by atoms with Crippen LogP contribution in [0.25, 0.3) is 4.91 Å². The first-order chi connectivity index (χ1) is 8.18. The molecule has 0 aromatic heterocycles. The molecular formula is C12H8NNaO3S. The zero-order valence-corrected chi connectivity index (χ0v) is 12.6. The van der Waals surface area contributed by atoms with Crippen molar-refractivity contribution in [1.29, 1.82) is 0 Å². The molecule has 0 radical (unpaired) electrons. The van der Waals surface area contributed by atoms with Crippen molar-refractivity contribution in [2.24, 2.45) is 0 Å². The first-order valence-electron chi connectivity index (χ1n) is 5.18. The summed E-state index contributed by atoms with van der Waals surface area (Å²) in [6.07, 6.45) is 0.401. The van der Waals surface area contributed by atoms with Crippen LogP contribution in [0.3, 0.4) is 0 Å². The molecule has 1 unspecified atom stereocenters. The Morgan fingerprint density at radius 1 is 1.33 bits per heavy atom. The Hall–Kier alpha value is -0.750. The van der Waals surface area contributed by atoms with Gasteiger partial charge in [0.1, 0.15) is 0 Å². The molecular weight excluding hydrogens is 261 g/mol. The Morgan fingerprint density at radius 3 is 2.56 bits per heavy atom. The van der Waals surface area contributed by atoms with E-state index in [1.165, 1.54) is 16.7 Å². The third kappa shape index (κ3) is 2.01. The number of β-lactam (4-membered cyclic amide) rings is 1. The topological polar surface area (TPSA) is 60.4 Å². The molecule has 2 aliphatic heterocycles. The van der Waals surface area contributed by atoms with Gasteiger partial charge in [-0.3, -0.25) is 9.69 Å². The SMILES string of the molecule is O=C([O-])C1=C(c2ccccc2)SC2CC(=O)N12.[Na+]. The van der Waals surface area contributed by atoms with E-state index >= 15 is 0 Å². The predicted molar refractivity (Wildman–Crippen MR) is 61.2 cm³/mol. The molecule has 6 heteroatoms. The molecule has 1 aromatic carbocycles. The zero-order valence-electron chi connectivity index (χ0n) is 9.75. The summed E-state index contributed by atoms with van der Waals surface area (Å²) in [4.78, 5) is 24.5. The normalized spacial score (nSPS) is 21.2. The third-order valence-corrected chi connectivity index (χ3v) is 4.16. The van der Waals surface area contributed by atoms with Gasteiger partial charge in [0.25, 0.3) is 0 Å². The van der Waals surface area contributed by atoms with Crippen molar-refractivity contribution >= 4 is 28.5 Å². The molecule has 2 aliphatic rings. The van der Waals surface area contributed by atoms with Crippen LogP contribution in [0.4, 0.5) is 0 Å². The van der Waals surface area contributed by atoms with E-state index < -0.39 is 5.97 Å². The van der Waals surface area contributed by atoms with Crippen LogP contribution >= 0.6 is 11.8 Å². The van der Waals surface area contributed by atoms with Gasteiger partial charge in [-0.25, -0.2) is 0 Å². The quantitative estimate of drug-likeness (QED) is 0.437. The monoisotopic (exact) mass is 269 g/mol. The summed E-state index contributed by atoms with van der Waals surface area (Å²) in [5.74, 6) is -1.43. The van der Waals surface area contributed by atoms with Crippen LogP contribution in [0.2, 0.25) is 0 Å². The molecule has 1 aromatic rings. The number of carboxylic acids is 1. The Morgan fingerprint density at radius 2 is 2.00 bits per heavy atom. The van der Waals surface area contributed by atoms with Gasteiger partial charge in [-0.15, -0.1) is 0 Å². The number of benzene rings is 1. The van der Waals surface area contributed by atoms with Gasteiger partial charge in [-0.05, 0) is 5.56 Å². The van der Waals surface area contributed by atoms with Crippen molar-refractivity contribution in [3.05, 3.63) is 41.6 Å². The van der Waals surface area contributed by atoms with Crippen molar-refractivity contribution in [1.82, 2.24) is 4.90 Å². The number of carbonyl (C=O) groups excluding carboxylic acids is 2. The van der Waals surface area contributed by atoms with Crippen LogP contribution in [0.1, 0.15) is 12.0 Å². The summed E-state index contributed by atoms with van der Waals surface area (Å²) in [5, 5.41) is 11.1. The van der Waals surface area contributed by atoms with Crippen molar-refractivity contribution in [2.45, 2.75) is 11.8 Å². The second-order valence-electron chi connectivity index (χ2n) is 3.87. The maximum atomic E-state index is 11.4. The minimum atomic E-state index is -1.29. The van der Waals surface area contributed by atoms with Crippen LogP contribution in [-0.2, 0) is 9.59 Å². The van der Waals surface area contributed by atoms with Crippen LogP contribution in [-0.4, -0.2) is 22.2 Å². The molecule has 18 heavy (non-hydrogen) atoms. The van der Waals surface area contributed by atoms with E-state index in [0.29, 0.717) is 11.3 Å². The zero-order chi connectivity index (χ0) is 12.0. The summed E-state index contributed by atoms with van der Waals surface area (Å²) in [5.41, 5.74) is 0.835. The molecule has 3 rings (SSSR count). The summed E-state index contributed by atoms with van der Waals surface area (Å²) in [7, 11) is 0. The van der Waals surface area contributed by atoms with Crippen molar-refractivity contribution in [2.75, 3.05) is 0 Å². The van der Waals surface area contributed by atoms with Gasteiger partial charge in [0, 0.05) is 4.91 Å². The summed E-state index contributed by atoms with van der Waals surface area (Å²) in [6, 6.07) is 9.21. The number of carboxylic acid groups (broad SMARTS) is 1. The van der Waals surface area contributed by atoms with E-state index in [-0.39, 0.29) is 46.5 Å². The number of amides is 1. The second kappa shape index (κ2) is 5.09. The fraction of sp³-hybridized carbons (Fsp3) is 0.167. The molecule has 1 atom stereocenters. The molecule has 2 heterocycles. The second-order valence-corrected chi connectivity index (χ2v) is 5.06. The Bertz CT molecular complexity index is 544. The van der Waals surface area contributed by atoms with E-state index in [1.54, 1.807) is 0 Å². The number of hydrogen-bond acceptors (Lipinski definition) is 4. The molecule has 4 nitrogen and oxygen atoms in total. The predicted octanol–water partition coefficient (Wildman–Crippen LogP) is -2.59. The fourth-order valence-electron chi connectivity index (χ4n) is 2.04. The number of aliphatic carboxylic acids is 1. The molecule has 0 bridgehead atoms. The van der Waals surface area contributed by atoms with Crippen LogP contribution < -0.4 is 34.7 Å². The standard InChI is InChI=1S/C12H9NO3S.Na/c14-8-6-9-13(8)10(12(15)16)11(17-9)7-4-2-1-3-5-7;/h1-5,9H,6H2,(H,15,16);/q;+1/p-1. The number of carbonyl (C=O) groups is 2. The first kappa shape index (κ1) is 13.7. The molecule has 0 aliphatic carbocycles. The van der Waals surface area contributed by atoms with Gasteiger partial charge in [-0.2, -0.15) is 0 Å². The van der Waals surface area contributed by atoms with Crippen molar-refractivity contribution in [3.63, 3.8) is 0 Å². The number of rotatable bonds is 2. The average molecular weight is 269 g/mol. The number of nitrogens with zero attached hydrogens (tertiary/aromatic N) is 1. The van der Waals surface area contributed by atoms with Crippen molar-refractivity contribution in [3.8, 4) is 0 Å². The van der Waals surface area contributed by atoms with E-state index in [0.717, 1.165) is 5.56 Å². The van der Waals surface area contributed by atoms with Gasteiger partial charge < -0.3 is 9.90 Å². The first-order valence-corrected chi connectivity index (χ1v) is 6.06. The van der Waals surface area contributed by atoms with Gasteiger partial charge >= 0.3 is 29.6 Å². The van der Waals surface area contributed by atoms with E-state index in [2.05, 4.69) is 0 Å². The fourth-order valence-corrected chi connectivity index (χ4v) is 3.43. The Labute approximate surface area is 130 Å². The average Bonchev–Trinajstić information content (AvgIpc) is 2.63. The maximum absolute atomic E-state index is 11.4. The van der Waals surface area contributed by atoms with E-state index in [9.17, 15) is 14.7 Å². The number of fused-ring (bicyclic) bond motifs is 1. The summed E-state index contributed by atoms with van der Waals surface area (Å²) in [6.45, 7) is 0. The maximum Gasteiger partial charge on any atom is 1.00 e. The van der Waals surface area contributed by atoms with Crippen molar-refractivity contribution < 1.29 is 44.3 Å². The molecule has 0 spiro atoms. The van der Waals surface area contributed by atoms with Gasteiger partial charge in [0.2, 0.25) is 5.91 Å². The number of thioether (sulfide) groups is 1. The summed E-state index contributed by atoms with van der Waals surface area (Å²) < 4.78 is 0. The molecule has 1 fully saturated rings. The van der Waals surface area contributed by atoms with Crippen LogP contribution in [0.15, 0.2) is 36.0 Å². The minimum Gasteiger partial charge on any atom is -0.543 e. The number of hydrogen-bond donors (Lipinski definition) is 0. The molecule has 1 saturated heterocycles. The molecule has 86 valence electrons. The van der Waals surface area contributed by atoms with E-state index in [1.807, 2.05) is 30.3 Å². The Balaban J connectivity index is 0.00000120. The largest absolute Gasteiger partial charge is 1.00 e. The Kier molecular flexibility index (Phi) is 3.87. The summed E-state index contributed by atoms with van der Waals surface area (Å²) >= 11 is 1.42. The van der Waals surface area contributed by atoms with Crippen LogP contribution in [0.5, 0.6) is 0 Å². The molecule has 0 N–H and O–H groups in total.